The maximum atomic E-state index is 10.3. The number of carbonyl (C=O) groups is 1. The molecule has 0 aliphatic heterocycles. The third kappa shape index (κ3) is 3.75. The van der Waals surface area contributed by atoms with E-state index < -0.39 is 12.0 Å². The van der Waals surface area contributed by atoms with Crippen LogP contribution in [0, 0.1) is 49.4 Å². The number of carboxylic acid groups (broad SMARTS) is 1. The Morgan fingerprint density at radius 3 is 2.92 bits per heavy atom. The van der Waals surface area contributed by atoms with Crippen LogP contribution in [0.3, 0.4) is 0 Å². The summed E-state index contributed by atoms with van der Waals surface area (Å²) in [5.41, 5.74) is 5.85. The number of hydrogen-bond donors (Lipinski definition) is 2. The Labute approximate surface area is 110 Å². The summed E-state index contributed by atoms with van der Waals surface area (Å²) in [6.07, 6.45) is 3.10. The van der Waals surface area contributed by atoms with E-state index in [-0.39, 0.29) is 55.8 Å². The van der Waals surface area contributed by atoms with Gasteiger partial charge in [-0.3, -0.25) is 4.79 Å². The zero-order valence-electron chi connectivity index (χ0n) is 6.14. The topological polar surface area (TPSA) is 90.3 Å². The van der Waals surface area contributed by atoms with E-state index in [1.165, 1.54) is 12.5 Å². The number of aromatic nitrogens is 2. The molecule has 1 atom stereocenters. The van der Waals surface area contributed by atoms with E-state index in [2.05, 4.69) is 9.97 Å². The number of nitrogens with two attached hydrogens (primary N) is 1. The van der Waals surface area contributed by atoms with Crippen molar-refractivity contribution < 1.29 is 59.3 Å². The monoisotopic (exact) mass is 307 g/mol. The van der Waals surface area contributed by atoms with Crippen LogP contribution in [-0.4, -0.2) is 22.1 Å². The molecule has 1 heterocycles. The zero-order chi connectivity index (χ0) is 8.27. The minimum atomic E-state index is -1.02. The molecule has 5 nitrogen and oxygen atoms in total. The fourth-order valence-corrected chi connectivity index (χ4v) is 0.678. The first-order valence-electron chi connectivity index (χ1n) is 3.10. The van der Waals surface area contributed by atoms with Crippen molar-refractivity contribution >= 4 is 5.97 Å². The molecule has 1 aromatic rings. The van der Waals surface area contributed by atoms with Crippen LogP contribution in [0.5, 0.6) is 0 Å². The first kappa shape index (κ1) is 12.2. The summed E-state index contributed by atoms with van der Waals surface area (Å²) in [6.45, 7) is 0. The van der Waals surface area contributed by atoms with Gasteiger partial charge in [0.1, 0.15) is 6.04 Å². The van der Waals surface area contributed by atoms with E-state index in [1.54, 1.807) is 0 Å². The third-order valence-corrected chi connectivity index (χ3v) is 1.26. The molecule has 0 aliphatic carbocycles. The number of aliphatic carboxylic acids is 1. The van der Waals surface area contributed by atoms with Gasteiger partial charge in [0.05, 0.1) is 0 Å². The van der Waals surface area contributed by atoms with Crippen LogP contribution < -0.4 is 10.7 Å². The normalized spacial score (nSPS) is 11.8. The van der Waals surface area contributed by atoms with Crippen LogP contribution in [0.4, 0.5) is 0 Å². The van der Waals surface area contributed by atoms with E-state index in [0.29, 0.717) is 5.69 Å². The summed E-state index contributed by atoms with van der Waals surface area (Å²) < 4.78 is 0. The molecule has 0 fully saturated rings. The van der Waals surface area contributed by atoms with Crippen molar-refractivity contribution in [3.8, 4) is 0 Å². The molecule has 1 aromatic heterocycles. The van der Waals surface area contributed by atoms with Crippen molar-refractivity contribution in [3.63, 3.8) is 0 Å². The first-order chi connectivity index (χ1) is 5.20. The molecule has 0 bridgehead atoms. The van der Waals surface area contributed by atoms with Crippen LogP contribution >= 0.6 is 0 Å². The molecule has 6 heteroatoms. The van der Waals surface area contributed by atoms with Crippen LogP contribution in [0.1, 0.15) is 5.69 Å². The quantitative estimate of drug-likeness (QED) is 0.747. The molecule has 0 saturated heterocycles. The van der Waals surface area contributed by atoms with E-state index in [9.17, 15) is 4.79 Å². The summed E-state index contributed by atoms with van der Waals surface area (Å²) >= 11 is 0. The van der Waals surface area contributed by atoms with Gasteiger partial charge in [-0.15, -0.1) is 0 Å². The van der Waals surface area contributed by atoms with Gasteiger partial charge in [0.15, 0.2) is 0 Å². The van der Waals surface area contributed by atoms with Gasteiger partial charge in [0, 0.05) is 49.4 Å². The van der Waals surface area contributed by atoms with Crippen molar-refractivity contribution in [1.29, 1.82) is 0 Å². The number of nitrogens with zero attached hydrogens (tertiary/aromatic N) is 2. The number of imidazole rings is 1. The number of carboxylic acids is 1. The van der Waals surface area contributed by atoms with Crippen molar-refractivity contribution in [1.82, 2.24) is 9.97 Å². The molecule has 0 aromatic carbocycles. The van der Waals surface area contributed by atoms with Crippen LogP contribution in [-0.2, 0) is 11.2 Å². The molecule has 0 aliphatic rings. The molecule has 0 unspecified atom stereocenters. The fourth-order valence-electron chi connectivity index (χ4n) is 0.678. The second-order valence-corrected chi connectivity index (χ2v) is 2.16. The van der Waals surface area contributed by atoms with Crippen LogP contribution in [0.15, 0.2) is 12.5 Å². The average Bonchev–Trinajstić information content (AvgIpc) is 2.39. The standard InChI is InChI=1S/C6H9N3O2.Eu/c7-5(6(10)11)1-4-2-8-3-9-4;/h2-3,5H,1,7H2,(H2,8,9,10,11);/p-1/t5-;/m1./s1. The van der Waals surface area contributed by atoms with E-state index in [1.807, 2.05) is 0 Å². The number of hydrogen-bond acceptors (Lipinski definition) is 3. The molecular formula is C6H8EuN3O2-. The van der Waals surface area contributed by atoms with Crippen LogP contribution in [0.25, 0.3) is 0 Å². The summed E-state index contributed by atoms with van der Waals surface area (Å²) in [6, 6.07) is -0.883. The van der Waals surface area contributed by atoms with E-state index >= 15 is 0 Å². The summed E-state index contributed by atoms with van der Waals surface area (Å²) in [5.74, 6) is -1.02. The molecular weight excluding hydrogens is 298 g/mol. The van der Waals surface area contributed by atoms with Crippen molar-refractivity contribution in [2.24, 2.45) is 5.73 Å². The average molecular weight is 306 g/mol. The summed E-state index contributed by atoms with van der Waals surface area (Å²) in [4.78, 5) is 17.7. The van der Waals surface area contributed by atoms with Gasteiger partial charge in [0.25, 0.3) is 0 Å². The molecule has 0 amide bonds. The molecule has 1 radical (unpaired) electrons. The van der Waals surface area contributed by atoms with Gasteiger partial charge in [-0.05, 0) is 6.42 Å². The van der Waals surface area contributed by atoms with Gasteiger partial charge in [-0.25, -0.2) is 0 Å². The Balaban J connectivity index is 0.00000121. The molecule has 0 spiro atoms. The van der Waals surface area contributed by atoms with Crippen molar-refractivity contribution in [2.45, 2.75) is 12.5 Å². The predicted molar refractivity (Wildman–Crippen MR) is 36.9 cm³/mol. The SMILES string of the molecule is N[C@H](Cc1c[n-]cn1)C(=O)O.[Eu]. The summed E-state index contributed by atoms with van der Waals surface area (Å²) in [5, 5.41) is 8.41. The van der Waals surface area contributed by atoms with E-state index in [4.69, 9.17) is 10.8 Å². The molecule has 67 valence electrons. The molecule has 0 saturated carbocycles. The third-order valence-electron chi connectivity index (χ3n) is 1.26. The first-order valence-corrected chi connectivity index (χ1v) is 3.10. The Hall–Kier alpha value is 0.224. The Bertz CT molecular complexity index is 237. The number of rotatable bonds is 3. The van der Waals surface area contributed by atoms with Crippen molar-refractivity contribution in [3.05, 3.63) is 18.2 Å². The smallest absolute Gasteiger partial charge is 0.320 e. The van der Waals surface area contributed by atoms with Gasteiger partial charge in [-0.1, -0.05) is 18.2 Å². The maximum absolute atomic E-state index is 10.3. The Morgan fingerprint density at radius 1 is 1.83 bits per heavy atom. The second-order valence-electron chi connectivity index (χ2n) is 2.16. The minimum Gasteiger partial charge on any atom is -0.480 e. The predicted octanol–water partition coefficient (Wildman–Crippen LogP) is -1.01. The van der Waals surface area contributed by atoms with Gasteiger partial charge >= 0.3 is 5.97 Å². The van der Waals surface area contributed by atoms with Crippen LogP contribution in [0.2, 0.25) is 0 Å². The molecule has 12 heavy (non-hydrogen) atoms. The Kier molecular flexibility index (Phi) is 5.91. The molecule has 3 N–H and O–H groups in total. The fraction of sp³-hybridized carbons (Fsp3) is 0.333. The summed E-state index contributed by atoms with van der Waals surface area (Å²) in [7, 11) is 0. The van der Waals surface area contributed by atoms with Crippen molar-refractivity contribution in [2.75, 3.05) is 0 Å². The minimum absolute atomic E-state index is 0. The van der Waals surface area contributed by atoms with Gasteiger partial charge < -0.3 is 20.8 Å². The Morgan fingerprint density at radius 2 is 2.50 bits per heavy atom. The maximum Gasteiger partial charge on any atom is 0.320 e. The van der Waals surface area contributed by atoms with Gasteiger partial charge in [0.2, 0.25) is 0 Å². The molecule has 1 rings (SSSR count). The second kappa shape index (κ2) is 5.80. The zero-order valence-corrected chi connectivity index (χ0v) is 8.57. The van der Waals surface area contributed by atoms with Gasteiger partial charge in [-0.2, -0.15) is 0 Å². The van der Waals surface area contributed by atoms with E-state index in [0.717, 1.165) is 0 Å². The largest absolute Gasteiger partial charge is 0.480 e.